The van der Waals surface area contributed by atoms with Crippen molar-refractivity contribution in [3.63, 3.8) is 0 Å². The highest BCUT2D eigenvalue weighted by molar-refractivity contribution is 6.31. The summed E-state index contributed by atoms with van der Waals surface area (Å²) in [7, 11) is 0. The molecule has 1 N–H and O–H groups in total. The van der Waals surface area contributed by atoms with Gasteiger partial charge in [0.2, 0.25) is 0 Å². The van der Waals surface area contributed by atoms with E-state index in [0.717, 1.165) is 35.8 Å². The molecule has 2 heterocycles. The lowest BCUT2D eigenvalue weighted by molar-refractivity contribution is 0.102. The molecule has 0 spiro atoms. The van der Waals surface area contributed by atoms with Crippen LogP contribution in [0.2, 0.25) is 0 Å². The summed E-state index contributed by atoms with van der Waals surface area (Å²) >= 11 is 6.50. The highest BCUT2D eigenvalue weighted by Crippen LogP contribution is 2.24. The fraction of sp³-hybridized carbons (Fsp3) is 0.167. The molecular formula is C24H22ClN3O. The second-order valence-electron chi connectivity index (χ2n) is 7.14. The lowest BCUT2D eigenvalue weighted by Crippen LogP contribution is -2.31. The van der Waals surface area contributed by atoms with Crippen LogP contribution in [0.15, 0.2) is 78.1 Å². The second-order valence-corrected chi connectivity index (χ2v) is 7.62. The van der Waals surface area contributed by atoms with E-state index in [9.17, 15) is 4.79 Å². The van der Waals surface area contributed by atoms with Crippen LogP contribution in [0.5, 0.6) is 0 Å². The van der Waals surface area contributed by atoms with Gasteiger partial charge in [0.1, 0.15) is 0 Å². The third-order valence-electron chi connectivity index (χ3n) is 5.00. The maximum absolute atomic E-state index is 12.4. The molecule has 0 fully saturated rings. The maximum Gasteiger partial charge on any atom is 0.255 e. The van der Waals surface area contributed by atoms with Crippen LogP contribution in [0, 0.1) is 0 Å². The quantitative estimate of drug-likeness (QED) is 0.654. The fourth-order valence-electron chi connectivity index (χ4n) is 3.52. The van der Waals surface area contributed by atoms with Gasteiger partial charge in [-0.2, -0.15) is 0 Å². The standard InChI is InChI=1S/C24H22ClN3O/c25-22(14-18-4-2-1-3-5-18)17-28-13-10-19-6-7-23(15-21(19)16-28)27-24(29)20-8-11-26-12-9-20/h1-9,11-12,14-15H,10,13,16-17H2,(H,27,29). The van der Waals surface area contributed by atoms with Gasteiger partial charge in [-0.25, -0.2) is 0 Å². The zero-order valence-electron chi connectivity index (χ0n) is 16.0. The lowest BCUT2D eigenvalue weighted by atomic mass is 9.99. The smallest absolute Gasteiger partial charge is 0.255 e. The molecule has 5 heteroatoms. The van der Waals surface area contributed by atoms with E-state index in [4.69, 9.17) is 11.6 Å². The van der Waals surface area contributed by atoms with Crippen molar-refractivity contribution >= 4 is 29.3 Å². The van der Waals surface area contributed by atoms with Gasteiger partial charge in [0.05, 0.1) is 0 Å². The van der Waals surface area contributed by atoms with Gasteiger partial charge in [0.15, 0.2) is 0 Å². The van der Waals surface area contributed by atoms with Crippen LogP contribution in [0.1, 0.15) is 27.0 Å². The number of carbonyl (C=O) groups excluding carboxylic acids is 1. The Bertz CT molecular complexity index is 1020. The number of pyridine rings is 1. The van der Waals surface area contributed by atoms with Crippen LogP contribution >= 0.6 is 11.6 Å². The molecule has 1 amide bonds. The van der Waals surface area contributed by atoms with Crippen LogP contribution in [-0.4, -0.2) is 28.9 Å². The number of amides is 1. The predicted octanol–water partition coefficient (Wildman–Crippen LogP) is 4.97. The number of carbonyl (C=O) groups is 1. The van der Waals surface area contributed by atoms with E-state index in [1.165, 1.54) is 11.1 Å². The highest BCUT2D eigenvalue weighted by atomic mass is 35.5. The summed E-state index contributed by atoms with van der Waals surface area (Å²) in [5, 5.41) is 3.80. The van der Waals surface area contributed by atoms with Gasteiger partial charge in [-0.3, -0.25) is 14.7 Å². The fourth-order valence-corrected chi connectivity index (χ4v) is 3.82. The van der Waals surface area contributed by atoms with Crippen molar-refractivity contribution in [1.82, 2.24) is 9.88 Å². The van der Waals surface area contributed by atoms with Crippen LogP contribution < -0.4 is 5.32 Å². The number of benzene rings is 2. The number of rotatable bonds is 5. The molecule has 29 heavy (non-hydrogen) atoms. The van der Waals surface area contributed by atoms with E-state index in [-0.39, 0.29) is 5.91 Å². The Hall–Kier alpha value is -2.95. The summed E-state index contributed by atoms with van der Waals surface area (Å²) in [4.78, 5) is 18.7. The second kappa shape index (κ2) is 9.03. The number of halogens is 1. The zero-order valence-corrected chi connectivity index (χ0v) is 16.8. The van der Waals surface area contributed by atoms with Crippen molar-refractivity contribution in [1.29, 1.82) is 0 Å². The molecule has 4 nitrogen and oxygen atoms in total. The molecule has 3 aromatic rings. The Morgan fingerprint density at radius 2 is 1.86 bits per heavy atom. The topological polar surface area (TPSA) is 45.2 Å². The normalized spacial score (nSPS) is 14.3. The van der Waals surface area contributed by atoms with Gasteiger partial charge < -0.3 is 5.32 Å². The van der Waals surface area contributed by atoms with Gasteiger partial charge in [-0.05, 0) is 53.5 Å². The lowest BCUT2D eigenvalue weighted by Gasteiger charge is -2.29. The summed E-state index contributed by atoms with van der Waals surface area (Å²) in [5.74, 6) is -0.131. The van der Waals surface area contributed by atoms with Crippen molar-refractivity contribution < 1.29 is 4.79 Å². The van der Waals surface area contributed by atoms with Crippen molar-refractivity contribution in [3.8, 4) is 0 Å². The minimum Gasteiger partial charge on any atom is -0.322 e. The van der Waals surface area contributed by atoms with Crippen LogP contribution in [0.4, 0.5) is 5.69 Å². The number of anilines is 1. The molecule has 0 saturated heterocycles. The first-order chi connectivity index (χ1) is 14.2. The zero-order chi connectivity index (χ0) is 20.1. The number of hydrogen-bond acceptors (Lipinski definition) is 3. The molecule has 0 atom stereocenters. The first-order valence-electron chi connectivity index (χ1n) is 9.64. The Morgan fingerprint density at radius 1 is 1.07 bits per heavy atom. The minimum atomic E-state index is -0.131. The average molecular weight is 404 g/mol. The third kappa shape index (κ3) is 5.11. The molecular weight excluding hydrogens is 382 g/mol. The molecule has 1 aromatic heterocycles. The van der Waals surface area contributed by atoms with E-state index >= 15 is 0 Å². The van der Waals surface area contributed by atoms with E-state index in [2.05, 4.69) is 27.3 Å². The van der Waals surface area contributed by atoms with Gasteiger partial charge in [0.25, 0.3) is 5.91 Å². The number of nitrogens with one attached hydrogen (secondary N) is 1. The Morgan fingerprint density at radius 3 is 2.66 bits per heavy atom. The number of hydrogen-bond donors (Lipinski definition) is 1. The van der Waals surface area contributed by atoms with Crippen molar-refractivity contribution in [2.75, 3.05) is 18.4 Å². The average Bonchev–Trinajstić information content (AvgIpc) is 2.75. The number of nitrogens with zero attached hydrogens (tertiary/aromatic N) is 2. The maximum atomic E-state index is 12.4. The molecule has 0 aliphatic carbocycles. The van der Waals surface area contributed by atoms with E-state index in [1.54, 1.807) is 24.5 Å². The Balaban J connectivity index is 1.42. The number of aromatic nitrogens is 1. The Labute approximate surface area is 175 Å². The third-order valence-corrected chi connectivity index (χ3v) is 5.22. The largest absolute Gasteiger partial charge is 0.322 e. The van der Waals surface area contributed by atoms with Crippen molar-refractivity contribution in [3.05, 3.63) is 100 Å². The summed E-state index contributed by atoms with van der Waals surface area (Å²) in [6.07, 6.45) is 6.23. The molecule has 146 valence electrons. The Kier molecular flexibility index (Phi) is 6.03. The van der Waals surface area contributed by atoms with Crippen LogP contribution in [-0.2, 0) is 13.0 Å². The monoisotopic (exact) mass is 403 g/mol. The van der Waals surface area contributed by atoms with E-state index in [1.807, 2.05) is 42.5 Å². The van der Waals surface area contributed by atoms with Crippen molar-refractivity contribution in [2.45, 2.75) is 13.0 Å². The van der Waals surface area contributed by atoms with E-state index in [0.29, 0.717) is 12.1 Å². The van der Waals surface area contributed by atoms with Gasteiger partial charge >= 0.3 is 0 Å². The first kappa shape index (κ1) is 19.4. The van der Waals surface area contributed by atoms with Crippen LogP contribution in [0.25, 0.3) is 6.08 Å². The van der Waals surface area contributed by atoms with Crippen molar-refractivity contribution in [2.24, 2.45) is 0 Å². The first-order valence-corrected chi connectivity index (χ1v) is 10.0. The summed E-state index contributed by atoms with van der Waals surface area (Å²) < 4.78 is 0. The minimum absolute atomic E-state index is 0.131. The highest BCUT2D eigenvalue weighted by Gasteiger charge is 2.18. The molecule has 0 radical (unpaired) electrons. The SMILES string of the molecule is O=C(Nc1ccc2c(c1)CN(CC(Cl)=Cc1ccccc1)CC2)c1ccncc1. The molecule has 4 rings (SSSR count). The van der Waals surface area contributed by atoms with Gasteiger partial charge in [0, 0.05) is 48.3 Å². The molecule has 0 bridgehead atoms. The number of fused-ring (bicyclic) bond motifs is 1. The summed E-state index contributed by atoms with van der Waals surface area (Å²) in [6.45, 7) is 2.49. The molecule has 0 unspecified atom stereocenters. The van der Waals surface area contributed by atoms with Crippen LogP contribution in [0.3, 0.4) is 0 Å². The molecule has 2 aromatic carbocycles. The predicted molar refractivity (Wildman–Crippen MR) is 118 cm³/mol. The molecule has 1 aliphatic rings. The van der Waals surface area contributed by atoms with Gasteiger partial charge in [-0.1, -0.05) is 48.0 Å². The molecule has 1 aliphatic heterocycles. The van der Waals surface area contributed by atoms with E-state index < -0.39 is 0 Å². The van der Waals surface area contributed by atoms with Gasteiger partial charge in [-0.15, -0.1) is 0 Å². The molecule has 0 saturated carbocycles. The summed E-state index contributed by atoms with van der Waals surface area (Å²) in [5.41, 5.74) is 5.06. The summed E-state index contributed by atoms with van der Waals surface area (Å²) in [6, 6.07) is 19.7.